The SMILES string of the molecule is C=CC(=O)N1CCN(C(=O)Cc2nnn(-c3ccc(C)cc3)c2C)[C@@H](C)C1. The van der Waals surface area contributed by atoms with Gasteiger partial charge in [-0.15, -0.1) is 5.10 Å². The van der Waals surface area contributed by atoms with Gasteiger partial charge >= 0.3 is 0 Å². The van der Waals surface area contributed by atoms with E-state index in [1.165, 1.54) is 11.6 Å². The van der Waals surface area contributed by atoms with Crippen LogP contribution in [0, 0.1) is 13.8 Å². The van der Waals surface area contributed by atoms with Crippen molar-refractivity contribution in [1.82, 2.24) is 24.8 Å². The minimum Gasteiger partial charge on any atom is -0.336 e. The Hall–Kier alpha value is -2.96. The number of hydrogen-bond acceptors (Lipinski definition) is 4. The fourth-order valence-corrected chi connectivity index (χ4v) is 3.36. The number of piperazine rings is 1. The predicted octanol–water partition coefficient (Wildman–Crippen LogP) is 1.67. The maximum Gasteiger partial charge on any atom is 0.246 e. The van der Waals surface area contributed by atoms with Crippen LogP contribution in [0.1, 0.15) is 23.9 Å². The van der Waals surface area contributed by atoms with Crippen LogP contribution in [0.2, 0.25) is 0 Å². The van der Waals surface area contributed by atoms with Gasteiger partial charge in [-0.1, -0.05) is 29.5 Å². The van der Waals surface area contributed by atoms with Gasteiger partial charge in [0.15, 0.2) is 0 Å². The van der Waals surface area contributed by atoms with Crippen LogP contribution in [-0.4, -0.2) is 62.3 Å². The number of benzene rings is 1. The molecule has 1 aromatic heterocycles. The second-order valence-electron chi connectivity index (χ2n) is 6.97. The molecule has 0 radical (unpaired) electrons. The van der Waals surface area contributed by atoms with Crippen molar-refractivity contribution in [2.24, 2.45) is 0 Å². The van der Waals surface area contributed by atoms with Crippen molar-refractivity contribution < 1.29 is 9.59 Å². The summed E-state index contributed by atoms with van der Waals surface area (Å²) in [6.45, 7) is 11.0. The lowest BCUT2D eigenvalue weighted by Crippen LogP contribution is -2.55. The summed E-state index contributed by atoms with van der Waals surface area (Å²) < 4.78 is 1.76. The van der Waals surface area contributed by atoms with Crippen LogP contribution in [0.4, 0.5) is 0 Å². The van der Waals surface area contributed by atoms with Crippen molar-refractivity contribution in [1.29, 1.82) is 0 Å². The van der Waals surface area contributed by atoms with E-state index in [1.807, 2.05) is 49.9 Å². The Kier molecular flexibility index (Phi) is 5.39. The Morgan fingerprint density at radius 2 is 1.93 bits per heavy atom. The second kappa shape index (κ2) is 7.73. The van der Waals surface area contributed by atoms with E-state index in [4.69, 9.17) is 0 Å². The highest BCUT2D eigenvalue weighted by Crippen LogP contribution is 2.16. The molecule has 0 saturated carbocycles. The smallest absolute Gasteiger partial charge is 0.246 e. The van der Waals surface area contributed by atoms with E-state index in [0.29, 0.717) is 25.3 Å². The first kappa shape index (κ1) is 18.8. The molecule has 1 atom stereocenters. The number of nitrogens with zero attached hydrogens (tertiary/aromatic N) is 5. The summed E-state index contributed by atoms with van der Waals surface area (Å²) >= 11 is 0. The van der Waals surface area contributed by atoms with E-state index < -0.39 is 0 Å². The van der Waals surface area contributed by atoms with Crippen LogP contribution in [0.5, 0.6) is 0 Å². The van der Waals surface area contributed by atoms with Crippen LogP contribution < -0.4 is 0 Å². The summed E-state index contributed by atoms with van der Waals surface area (Å²) in [5.74, 6) is -0.0851. The third-order valence-electron chi connectivity index (χ3n) is 5.02. The van der Waals surface area contributed by atoms with Crippen molar-refractivity contribution in [3.05, 3.63) is 53.9 Å². The molecule has 142 valence electrons. The molecular formula is C20H25N5O2. The predicted molar refractivity (Wildman–Crippen MR) is 102 cm³/mol. The van der Waals surface area contributed by atoms with E-state index >= 15 is 0 Å². The van der Waals surface area contributed by atoms with E-state index in [2.05, 4.69) is 16.9 Å². The standard InChI is InChI=1S/C20H25N5O2/c1-5-19(26)23-10-11-24(15(3)13-23)20(27)12-18-16(4)25(22-21-18)17-8-6-14(2)7-9-17/h5-9,15H,1,10-13H2,2-4H3/t15-/m0/s1. The number of carbonyl (C=O) groups excluding carboxylic acids is 2. The molecule has 7 nitrogen and oxygen atoms in total. The number of carbonyl (C=O) groups is 2. The first-order valence-corrected chi connectivity index (χ1v) is 9.09. The molecule has 1 aliphatic heterocycles. The van der Waals surface area contributed by atoms with Gasteiger partial charge in [0.25, 0.3) is 0 Å². The van der Waals surface area contributed by atoms with Gasteiger partial charge in [0.05, 0.1) is 23.5 Å². The molecule has 1 aromatic carbocycles. The summed E-state index contributed by atoms with van der Waals surface area (Å²) in [5, 5.41) is 8.43. The summed E-state index contributed by atoms with van der Waals surface area (Å²) in [5.41, 5.74) is 3.64. The van der Waals surface area contributed by atoms with Gasteiger partial charge in [-0.3, -0.25) is 9.59 Å². The van der Waals surface area contributed by atoms with Gasteiger partial charge in [0.1, 0.15) is 0 Å². The third-order valence-corrected chi connectivity index (χ3v) is 5.02. The molecule has 2 heterocycles. The molecule has 2 aromatic rings. The number of rotatable bonds is 4. The Labute approximate surface area is 159 Å². The average Bonchev–Trinajstić information content (AvgIpc) is 3.02. The van der Waals surface area contributed by atoms with E-state index in [1.54, 1.807) is 9.58 Å². The third kappa shape index (κ3) is 3.92. The van der Waals surface area contributed by atoms with Gasteiger partial charge in [-0.05, 0) is 39.0 Å². The molecule has 7 heteroatoms. The van der Waals surface area contributed by atoms with Crippen LogP contribution in [-0.2, 0) is 16.0 Å². The van der Waals surface area contributed by atoms with Crippen molar-refractivity contribution in [2.45, 2.75) is 33.2 Å². The lowest BCUT2D eigenvalue weighted by Gasteiger charge is -2.39. The largest absolute Gasteiger partial charge is 0.336 e. The zero-order valence-corrected chi connectivity index (χ0v) is 16.1. The van der Waals surface area contributed by atoms with E-state index in [0.717, 1.165) is 11.4 Å². The maximum absolute atomic E-state index is 12.8. The van der Waals surface area contributed by atoms with Gasteiger partial charge in [0.2, 0.25) is 11.8 Å². The molecule has 0 N–H and O–H groups in total. The number of hydrogen-bond donors (Lipinski definition) is 0. The van der Waals surface area contributed by atoms with Crippen molar-refractivity contribution in [3.63, 3.8) is 0 Å². The average molecular weight is 367 g/mol. The Morgan fingerprint density at radius 3 is 2.56 bits per heavy atom. The number of aryl methyl sites for hydroxylation is 1. The lowest BCUT2D eigenvalue weighted by molar-refractivity contribution is -0.139. The van der Waals surface area contributed by atoms with E-state index in [-0.39, 0.29) is 24.3 Å². The van der Waals surface area contributed by atoms with Gasteiger partial charge in [0, 0.05) is 25.7 Å². The van der Waals surface area contributed by atoms with Gasteiger partial charge in [-0.2, -0.15) is 0 Å². The molecular weight excluding hydrogens is 342 g/mol. The number of aromatic nitrogens is 3. The topological polar surface area (TPSA) is 71.3 Å². The molecule has 0 spiro atoms. The highest BCUT2D eigenvalue weighted by molar-refractivity contribution is 5.87. The van der Waals surface area contributed by atoms with E-state index in [9.17, 15) is 9.59 Å². The molecule has 3 rings (SSSR count). The van der Waals surface area contributed by atoms with Crippen LogP contribution in [0.25, 0.3) is 5.69 Å². The molecule has 1 fully saturated rings. The highest BCUT2D eigenvalue weighted by atomic mass is 16.2. The summed E-state index contributed by atoms with van der Waals surface area (Å²) in [6, 6.07) is 7.98. The first-order chi connectivity index (χ1) is 12.9. The van der Waals surface area contributed by atoms with Crippen LogP contribution >= 0.6 is 0 Å². The molecule has 1 saturated heterocycles. The quantitative estimate of drug-likeness (QED) is 0.771. The highest BCUT2D eigenvalue weighted by Gasteiger charge is 2.29. The fourth-order valence-electron chi connectivity index (χ4n) is 3.36. The lowest BCUT2D eigenvalue weighted by atomic mass is 10.1. The summed E-state index contributed by atoms with van der Waals surface area (Å²) in [7, 11) is 0. The molecule has 1 aliphatic rings. The Bertz CT molecular complexity index is 856. The van der Waals surface area contributed by atoms with Crippen molar-refractivity contribution in [2.75, 3.05) is 19.6 Å². The Balaban J connectivity index is 1.69. The van der Waals surface area contributed by atoms with Gasteiger partial charge < -0.3 is 9.80 Å². The summed E-state index contributed by atoms with van der Waals surface area (Å²) in [6.07, 6.45) is 1.52. The van der Waals surface area contributed by atoms with Crippen LogP contribution in [0.3, 0.4) is 0 Å². The molecule has 0 aliphatic carbocycles. The van der Waals surface area contributed by atoms with Crippen LogP contribution in [0.15, 0.2) is 36.9 Å². The zero-order chi connectivity index (χ0) is 19.6. The minimum atomic E-state index is -0.0918. The second-order valence-corrected chi connectivity index (χ2v) is 6.97. The molecule has 0 bridgehead atoms. The normalized spacial score (nSPS) is 17.1. The van der Waals surface area contributed by atoms with Crippen molar-refractivity contribution in [3.8, 4) is 5.69 Å². The monoisotopic (exact) mass is 367 g/mol. The molecule has 2 amide bonds. The number of amides is 2. The molecule has 27 heavy (non-hydrogen) atoms. The van der Waals surface area contributed by atoms with Crippen molar-refractivity contribution >= 4 is 11.8 Å². The fraction of sp³-hybridized carbons (Fsp3) is 0.400. The summed E-state index contributed by atoms with van der Waals surface area (Å²) in [4.78, 5) is 28.1. The maximum atomic E-state index is 12.8. The Morgan fingerprint density at radius 1 is 1.22 bits per heavy atom. The first-order valence-electron chi connectivity index (χ1n) is 9.09. The van der Waals surface area contributed by atoms with Gasteiger partial charge in [-0.25, -0.2) is 4.68 Å². The molecule has 0 unspecified atom stereocenters. The minimum absolute atomic E-state index is 0.00672. The zero-order valence-electron chi connectivity index (χ0n) is 16.1.